The van der Waals surface area contributed by atoms with E-state index in [4.69, 9.17) is 5.73 Å². The standard InChI is InChI=1S/C11H17N3O/c1-4-11(3,12)10(15)14-9-7-8(2)5-6-13-9/h5-7H,4,12H2,1-3H3,(H,13,14,15). The molecule has 0 fully saturated rings. The number of nitrogens with one attached hydrogen (secondary N) is 1. The van der Waals surface area contributed by atoms with E-state index in [1.54, 1.807) is 13.1 Å². The van der Waals surface area contributed by atoms with E-state index in [2.05, 4.69) is 10.3 Å². The van der Waals surface area contributed by atoms with Crippen molar-refractivity contribution in [2.24, 2.45) is 5.73 Å². The molecule has 1 atom stereocenters. The molecule has 4 nitrogen and oxygen atoms in total. The highest BCUT2D eigenvalue weighted by molar-refractivity contribution is 5.96. The predicted octanol–water partition coefficient (Wildman–Crippen LogP) is 1.46. The SMILES string of the molecule is CCC(C)(N)C(=O)Nc1cc(C)ccn1. The Hall–Kier alpha value is -1.42. The third-order valence-corrected chi connectivity index (χ3v) is 2.41. The van der Waals surface area contributed by atoms with E-state index in [1.807, 2.05) is 26.0 Å². The molecule has 0 aliphatic heterocycles. The Morgan fingerprint density at radius 1 is 1.67 bits per heavy atom. The van der Waals surface area contributed by atoms with Crippen LogP contribution in [0, 0.1) is 6.92 Å². The summed E-state index contributed by atoms with van der Waals surface area (Å²) in [6.07, 6.45) is 2.25. The molecule has 3 N–H and O–H groups in total. The lowest BCUT2D eigenvalue weighted by Crippen LogP contribution is -2.47. The molecule has 0 aliphatic carbocycles. The van der Waals surface area contributed by atoms with Gasteiger partial charge in [-0.15, -0.1) is 0 Å². The molecule has 0 spiro atoms. The van der Waals surface area contributed by atoms with Crippen LogP contribution in [0.1, 0.15) is 25.8 Å². The minimum Gasteiger partial charge on any atom is -0.318 e. The normalized spacial score (nSPS) is 14.4. The lowest BCUT2D eigenvalue weighted by molar-refractivity contribution is -0.120. The Morgan fingerprint density at radius 2 is 2.33 bits per heavy atom. The Labute approximate surface area is 89.9 Å². The van der Waals surface area contributed by atoms with Crippen molar-refractivity contribution in [1.82, 2.24) is 4.98 Å². The van der Waals surface area contributed by atoms with E-state index >= 15 is 0 Å². The van der Waals surface area contributed by atoms with Crippen LogP contribution >= 0.6 is 0 Å². The molecule has 1 rings (SSSR count). The average Bonchev–Trinajstić information content (AvgIpc) is 2.17. The monoisotopic (exact) mass is 207 g/mol. The van der Waals surface area contributed by atoms with Gasteiger partial charge in [-0.05, 0) is 38.0 Å². The van der Waals surface area contributed by atoms with Gasteiger partial charge < -0.3 is 11.1 Å². The van der Waals surface area contributed by atoms with Crippen LogP contribution in [0.25, 0.3) is 0 Å². The van der Waals surface area contributed by atoms with Crippen molar-refractivity contribution in [2.75, 3.05) is 5.32 Å². The van der Waals surface area contributed by atoms with Crippen molar-refractivity contribution in [3.05, 3.63) is 23.9 Å². The summed E-state index contributed by atoms with van der Waals surface area (Å²) in [6, 6.07) is 3.68. The van der Waals surface area contributed by atoms with Crippen LogP contribution < -0.4 is 11.1 Å². The third kappa shape index (κ3) is 3.02. The predicted molar refractivity (Wildman–Crippen MR) is 60.5 cm³/mol. The van der Waals surface area contributed by atoms with Crippen molar-refractivity contribution >= 4 is 11.7 Å². The quantitative estimate of drug-likeness (QED) is 0.788. The van der Waals surface area contributed by atoms with E-state index in [0.717, 1.165) is 5.56 Å². The summed E-state index contributed by atoms with van der Waals surface area (Å²) >= 11 is 0. The van der Waals surface area contributed by atoms with Crippen molar-refractivity contribution in [3.8, 4) is 0 Å². The molecule has 4 heteroatoms. The van der Waals surface area contributed by atoms with Crippen molar-refractivity contribution in [1.29, 1.82) is 0 Å². The molecular weight excluding hydrogens is 190 g/mol. The molecule has 1 aromatic rings. The van der Waals surface area contributed by atoms with Gasteiger partial charge in [-0.3, -0.25) is 4.79 Å². The topological polar surface area (TPSA) is 68.0 Å². The van der Waals surface area contributed by atoms with E-state index in [0.29, 0.717) is 12.2 Å². The molecule has 0 radical (unpaired) electrons. The van der Waals surface area contributed by atoms with Crippen LogP contribution in [0.15, 0.2) is 18.3 Å². The summed E-state index contributed by atoms with van der Waals surface area (Å²) < 4.78 is 0. The fourth-order valence-electron chi connectivity index (χ4n) is 1.02. The maximum absolute atomic E-state index is 11.7. The largest absolute Gasteiger partial charge is 0.318 e. The molecule has 0 aromatic carbocycles. The molecule has 0 saturated carbocycles. The number of carbonyl (C=O) groups is 1. The van der Waals surface area contributed by atoms with Crippen LogP contribution in [-0.4, -0.2) is 16.4 Å². The van der Waals surface area contributed by atoms with Crippen molar-refractivity contribution in [3.63, 3.8) is 0 Å². The second kappa shape index (κ2) is 4.40. The van der Waals surface area contributed by atoms with Crippen molar-refractivity contribution in [2.45, 2.75) is 32.7 Å². The first-order chi connectivity index (χ1) is 6.95. The third-order valence-electron chi connectivity index (χ3n) is 2.41. The Morgan fingerprint density at radius 3 is 2.87 bits per heavy atom. The number of carbonyl (C=O) groups excluding carboxylic acids is 1. The van der Waals surface area contributed by atoms with E-state index in [1.165, 1.54) is 0 Å². The van der Waals surface area contributed by atoms with E-state index < -0.39 is 5.54 Å². The summed E-state index contributed by atoms with van der Waals surface area (Å²) in [4.78, 5) is 15.7. The Balaban J connectivity index is 2.75. The van der Waals surface area contributed by atoms with Gasteiger partial charge >= 0.3 is 0 Å². The zero-order valence-corrected chi connectivity index (χ0v) is 9.37. The first kappa shape index (κ1) is 11.7. The highest BCUT2D eigenvalue weighted by Gasteiger charge is 2.26. The van der Waals surface area contributed by atoms with Gasteiger partial charge in [0.05, 0.1) is 5.54 Å². The number of amides is 1. The summed E-state index contributed by atoms with van der Waals surface area (Å²) in [5, 5.41) is 2.70. The second-order valence-corrected chi connectivity index (χ2v) is 3.94. The smallest absolute Gasteiger partial charge is 0.245 e. The number of nitrogens with two attached hydrogens (primary N) is 1. The molecule has 1 heterocycles. The van der Waals surface area contributed by atoms with Gasteiger partial charge in [0.25, 0.3) is 0 Å². The molecule has 0 bridgehead atoms. The van der Waals surface area contributed by atoms with Gasteiger partial charge in [0.2, 0.25) is 5.91 Å². The minimum atomic E-state index is -0.842. The second-order valence-electron chi connectivity index (χ2n) is 3.94. The summed E-state index contributed by atoms with van der Waals surface area (Å²) in [5.74, 6) is 0.341. The highest BCUT2D eigenvalue weighted by atomic mass is 16.2. The van der Waals surface area contributed by atoms with Crippen LogP contribution in [0.3, 0.4) is 0 Å². The number of rotatable bonds is 3. The molecular formula is C11H17N3O. The lowest BCUT2D eigenvalue weighted by atomic mass is 10.00. The van der Waals surface area contributed by atoms with Gasteiger partial charge in [-0.1, -0.05) is 6.92 Å². The first-order valence-corrected chi connectivity index (χ1v) is 4.98. The fraction of sp³-hybridized carbons (Fsp3) is 0.455. The number of aryl methyl sites for hydroxylation is 1. The van der Waals surface area contributed by atoms with Crippen molar-refractivity contribution < 1.29 is 4.79 Å². The van der Waals surface area contributed by atoms with Gasteiger partial charge in [-0.2, -0.15) is 0 Å². The Bertz CT molecular complexity index is 361. The number of hydrogen-bond acceptors (Lipinski definition) is 3. The summed E-state index contributed by atoms with van der Waals surface area (Å²) in [5.41, 5.74) is 6.02. The number of aromatic nitrogens is 1. The summed E-state index contributed by atoms with van der Waals surface area (Å²) in [7, 11) is 0. The van der Waals surface area contributed by atoms with Gasteiger partial charge in [-0.25, -0.2) is 4.98 Å². The zero-order valence-electron chi connectivity index (χ0n) is 9.37. The molecule has 82 valence electrons. The van der Waals surface area contributed by atoms with Crippen LogP contribution in [0.4, 0.5) is 5.82 Å². The lowest BCUT2D eigenvalue weighted by Gasteiger charge is -2.21. The van der Waals surface area contributed by atoms with Gasteiger partial charge in [0, 0.05) is 6.20 Å². The average molecular weight is 207 g/mol. The first-order valence-electron chi connectivity index (χ1n) is 4.98. The molecule has 0 saturated heterocycles. The minimum absolute atomic E-state index is 0.205. The summed E-state index contributed by atoms with van der Waals surface area (Å²) in [6.45, 7) is 5.53. The molecule has 15 heavy (non-hydrogen) atoms. The van der Waals surface area contributed by atoms with Crippen LogP contribution in [-0.2, 0) is 4.79 Å². The molecule has 1 amide bonds. The number of anilines is 1. The Kier molecular flexibility index (Phi) is 3.42. The molecule has 1 unspecified atom stereocenters. The van der Waals surface area contributed by atoms with Crippen LogP contribution in [0.5, 0.6) is 0 Å². The zero-order chi connectivity index (χ0) is 11.5. The highest BCUT2D eigenvalue weighted by Crippen LogP contribution is 2.10. The maximum atomic E-state index is 11.7. The van der Waals surface area contributed by atoms with Crippen LogP contribution in [0.2, 0.25) is 0 Å². The van der Waals surface area contributed by atoms with E-state index in [-0.39, 0.29) is 5.91 Å². The van der Waals surface area contributed by atoms with Gasteiger partial charge in [0.1, 0.15) is 5.82 Å². The number of pyridine rings is 1. The number of nitrogens with zero attached hydrogens (tertiary/aromatic N) is 1. The van der Waals surface area contributed by atoms with Gasteiger partial charge in [0.15, 0.2) is 0 Å². The molecule has 1 aromatic heterocycles. The number of hydrogen-bond donors (Lipinski definition) is 2. The fourth-order valence-corrected chi connectivity index (χ4v) is 1.02. The maximum Gasteiger partial charge on any atom is 0.245 e. The molecule has 0 aliphatic rings. The van der Waals surface area contributed by atoms with E-state index in [9.17, 15) is 4.79 Å².